The largest absolute Gasteiger partial charge is 0.284 e. The normalized spacial score (nSPS) is 10.7. The van der Waals surface area contributed by atoms with Gasteiger partial charge in [-0.15, -0.1) is 0 Å². The lowest BCUT2D eigenvalue weighted by atomic mass is 10.1. The van der Waals surface area contributed by atoms with Crippen LogP contribution < -0.4 is 0 Å². The van der Waals surface area contributed by atoms with Crippen molar-refractivity contribution in [3.05, 3.63) is 42.3 Å². The number of halogens is 1. The molecule has 0 unspecified atom stereocenters. The zero-order valence-electron chi connectivity index (χ0n) is 11.5. The average molecular weight is 272 g/mol. The summed E-state index contributed by atoms with van der Waals surface area (Å²) >= 11 is 0. The Morgan fingerprint density at radius 2 is 2.05 bits per heavy atom. The number of nitrogens with zero attached hydrogens (tertiary/aromatic N) is 4. The monoisotopic (exact) mass is 272 g/mol. The van der Waals surface area contributed by atoms with Gasteiger partial charge in [-0.1, -0.05) is 6.92 Å². The number of hydrogen-bond donors (Lipinski definition) is 0. The minimum absolute atomic E-state index is 0.248. The van der Waals surface area contributed by atoms with E-state index in [2.05, 4.69) is 23.0 Å². The first kappa shape index (κ1) is 14.2. The van der Waals surface area contributed by atoms with Crippen LogP contribution in [0.1, 0.15) is 13.3 Å². The maximum Gasteiger partial charge on any atom is 0.123 e. The highest BCUT2D eigenvalue weighted by atomic mass is 19.1. The molecule has 2 aromatic rings. The molecular formula is C15H17FN4. The molecule has 0 amide bonds. The predicted octanol–water partition coefficient (Wildman–Crippen LogP) is 2.88. The molecule has 0 saturated carbocycles. The van der Waals surface area contributed by atoms with Crippen molar-refractivity contribution in [2.75, 3.05) is 13.1 Å². The topological polar surface area (TPSA) is 44.9 Å². The minimum atomic E-state index is -0.248. The van der Waals surface area contributed by atoms with E-state index in [-0.39, 0.29) is 5.82 Å². The van der Waals surface area contributed by atoms with Gasteiger partial charge in [0.15, 0.2) is 0 Å². The van der Waals surface area contributed by atoms with Gasteiger partial charge in [-0.25, -0.2) is 4.39 Å². The van der Waals surface area contributed by atoms with Crippen molar-refractivity contribution < 1.29 is 4.39 Å². The highest BCUT2D eigenvalue weighted by molar-refractivity contribution is 5.58. The third kappa shape index (κ3) is 3.65. The SMILES string of the molecule is CCN(CCC#N)Cn1ccc(-c2ccc(F)cc2)n1. The molecule has 0 aliphatic rings. The van der Waals surface area contributed by atoms with Crippen LogP contribution in [0.2, 0.25) is 0 Å². The van der Waals surface area contributed by atoms with Crippen LogP contribution in [0, 0.1) is 17.1 Å². The van der Waals surface area contributed by atoms with Crippen molar-refractivity contribution in [3.8, 4) is 17.3 Å². The summed E-state index contributed by atoms with van der Waals surface area (Å²) in [5, 5.41) is 13.1. The molecule has 0 bridgehead atoms. The molecule has 1 aromatic heterocycles. The molecule has 0 saturated heterocycles. The fourth-order valence-electron chi connectivity index (χ4n) is 1.96. The van der Waals surface area contributed by atoms with Crippen LogP contribution in [0.4, 0.5) is 4.39 Å². The second-order valence-electron chi connectivity index (χ2n) is 4.51. The number of nitriles is 1. The van der Waals surface area contributed by atoms with Crippen molar-refractivity contribution in [3.63, 3.8) is 0 Å². The van der Waals surface area contributed by atoms with E-state index >= 15 is 0 Å². The van der Waals surface area contributed by atoms with Crippen LogP contribution in [0.25, 0.3) is 11.3 Å². The zero-order chi connectivity index (χ0) is 14.4. The fourth-order valence-corrected chi connectivity index (χ4v) is 1.96. The summed E-state index contributed by atoms with van der Waals surface area (Å²) in [7, 11) is 0. The molecule has 2 rings (SSSR count). The van der Waals surface area contributed by atoms with E-state index < -0.39 is 0 Å². The maximum absolute atomic E-state index is 12.9. The molecule has 4 nitrogen and oxygen atoms in total. The standard InChI is InChI=1S/C15H17FN4/c1-2-19(10-3-9-17)12-20-11-8-15(18-20)13-4-6-14(16)7-5-13/h4-8,11H,2-3,10,12H2,1H3. The van der Waals surface area contributed by atoms with Gasteiger partial charge in [-0.3, -0.25) is 9.58 Å². The van der Waals surface area contributed by atoms with E-state index in [1.165, 1.54) is 12.1 Å². The highest BCUT2D eigenvalue weighted by Gasteiger charge is 2.06. The molecule has 104 valence electrons. The van der Waals surface area contributed by atoms with Gasteiger partial charge >= 0.3 is 0 Å². The molecule has 1 heterocycles. The van der Waals surface area contributed by atoms with Crippen LogP contribution >= 0.6 is 0 Å². The molecule has 0 radical (unpaired) electrons. The predicted molar refractivity (Wildman–Crippen MR) is 75.1 cm³/mol. The van der Waals surface area contributed by atoms with Gasteiger partial charge in [0.25, 0.3) is 0 Å². The van der Waals surface area contributed by atoms with Gasteiger partial charge in [-0.05, 0) is 36.9 Å². The van der Waals surface area contributed by atoms with E-state index in [0.717, 1.165) is 24.3 Å². The summed E-state index contributed by atoms with van der Waals surface area (Å²) in [6.07, 6.45) is 2.41. The van der Waals surface area contributed by atoms with Crippen molar-refractivity contribution in [1.29, 1.82) is 5.26 Å². The average Bonchev–Trinajstić information content (AvgIpc) is 2.92. The fraction of sp³-hybridized carbons (Fsp3) is 0.333. The Kier molecular flexibility index (Phi) is 4.85. The Bertz CT molecular complexity index is 583. The van der Waals surface area contributed by atoms with E-state index in [1.54, 1.807) is 12.1 Å². The van der Waals surface area contributed by atoms with Gasteiger partial charge in [0.1, 0.15) is 5.82 Å². The summed E-state index contributed by atoms with van der Waals surface area (Å²) in [6, 6.07) is 10.4. The van der Waals surface area contributed by atoms with Crippen molar-refractivity contribution in [2.45, 2.75) is 20.0 Å². The molecule has 0 fully saturated rings. The van der Waals surface area contributed by atoms with Crippen LogP contribution in [-0.2, 0) is 6.67 Å². The van der Waals surface area contributed by atoms with Gasteiger partial charge in [0.05, 0.1) is 18.4 Å². The first-order valence-corrected chi connectivity index (χ1v) is 6.61. The third-order valence-corrected chi connectivity index (χ3v) is 3.11. The summed E-state index contributed by atoms with van der Waals surface area (Å²) < 4.78 is 14.7. The van der Waals surface area contributed by atoms with E-state index in [0.29, 0.717) is 13.1 Å². The van der Waals surface area contributed by atoms with Gasteiger partial charge in [0.2, 0.25) is 0 Å². The summed E-state index contributed by atoms with van der Waals surface area (Å²) in [4.78, 5) is 2.14. The quantitative estimate of drug-likeness (QED) is 0.812. The summed E-state index contributed by atoms with van der Waals surface area (Å²) in [6.45, 7) is 4.31. The van der Waals surface area contributed by atoms with Crippen LogP contribution in [-0.4, -0.2) is 27.8 Å². The Balaban J connectivity index is 2.05. The zero-order valence-corrected chi connectivity index (χ0v) is 11.5. The van der Waals surface area contributed by atoms with E-state index in [9.17, 15) is 4.39 Å². The summed E-state index contributed by atoms with van der Waals surface area (Å²) in [5.74, 6) is -0.248. The van der Waals surface area contributed by atoms with Gasteiger partial charge in [-0.2, -0.15) is 10.4 Å². The number of rotatable bonds is 6. The van der Waals surface area contributed by atoms with Crippen LogP contribution in [0.3, 0.4) is 0 Å². The molecule has 0 N–H and O–H groups in total. The molecule has 0 aliphatic carbocycles. The Morgan fingerprint density at radius 3 is 2.70 bits per heavy atom. The lowest BCUT2D eigenvalue weighted by molar-refractivity contribution is 0.223. The third-order valence-electron chi connectivity index (χ3n) is 3.11. The van der Waals surface area contributed by atoms with Crippen LogP contribution in [0.15, 0.2) is 36.5 Å². The van der Waals surface area contributed by atoms with Crippen molar-refractivity contribution in [1.82, 2.24) is 14.7 Å². The molecular weight excluding hydrogens is 255 g/mol. The van der Waals surface area contributed by atoms with E-state index in [1.807, 2.05) is 16.9 Å². The smallest absolute Gasteiger partial charge is 0.123 e. The lowest BCUT2D eigenvalue weighted by Crippen LogP contribution is -2.27. The second kappa shape index (κ2) is 6.83. The molecule has 20 heavy (non-hydrogen) atoms. The molecule has 5 heteroatoms. The van der Waals surface area contributed by atoms with Crippen molar-refractivity contribution in [2.24, 2.45) is 0 Å². The Hall–Kier alpha value is -2.19. The first-order valence-electron chi connectivity index (χ1n) is 6.61. The molecule has 0 atom stereocenters. The lowest BCUT2D eigenvalue weighted by Gasteiger charge is -2.18. The Morgan fingerprint density at radius 1 is 1.30 bits per heavy atom. The van der Waals surface area contributed by atoms with Crippen LogP contribution in [0.5, 0.6) is 0 Å². The molecule has 0 aliphatic heterocycles. The highest BCUT2D eigenvalue weighted by Crippen LogP contribution is 2.17. The maximum atomic E-state index is 12.9. The Labute approximate surface area is 118 Å². The number of aromatic nitrogens is 2. The van der Waals surface area contributed by atoms with E-state index in [4.69, 9.17) is 5.26 Å². The summed E-state index contributed by atoms with van der Waals surface area (Å²) in [5.41, 5.74) is 1.71. The number of hydrogen-bond acceptors (Lipinski definition) is 3. The van der Waals surface area contributed by atoms with Gasteiger partial charge in [0, 0.05) is 24.7 Å². The van der Waals surface area contributed by atoms with Crippen molar-refractivity contribution >= 4 is 0 Å². The molecule has 0 spiro atoms. The number of benzene rings is 1. The molecule has 1 aromatic carbocycles. The minimum Gasteiger partial charge on any atom is -0.284 e. The first-order chi connectivity index (χ1) is 9.72. The second-order valence-corrected chi connectivity index (χ2v) is 4.51. The van der Waals surface area contributed by atoms with Gasteiger partial charge < -0.3 is 0 Å².